The molecule has 4 rings (SSSR count). The van der Waals surface area contributed by atoms with Gasteiger partial charge in [0.15, 0.2) is 0 Å². The number of hydrogen-bond acceptors (Lipinski definition) is 5. The van der Waals surface area contributed by atoms with Gasteiger partial charge in [-0.3, -0.25) is 4.79 Å². The maximum Gasteiger partial charge on any atom is 0.227 e. The molecule has 0 spiro atoms. The van der Waals surface area contributed by atoms with E-state index in [1.807, 2.05) is 24.0 Å². The Bertz CT molecular complexity index is 848. The summed E-state index contributed by atoms with van der Waals surface area (Å²) in [5, 5.41) is 9.96. The first kappa shape index (κ1) is 18.7. The van der Waals surface area contributed by atoms with E-state index in [4.69, 9.17) is 4.98 Å². The fourth-order valence-electron chi connectivity index (χ4n) is 4.27. The zero-order valence-electron chi connectivity index (χ0n) is 16.5. The van der Waals surface area contributed by atoms with Crippen LogP contribution in [-0.2, 0) is 11.2 Å². The highest BCUT2D eigenvalue weighted by atomic mass is 16.3. The molecule has 2 fully saturated rings. The molecule has 0 saturated carbocycles. The summed E-state index contributed by atoms with van der Waals surface area (Å²) in [6.45, 7) is 5.53. The van der Waals surface area contributed by atoms with Crippen molar-refractivity contribution < 1.29 is 9.90 Å². The van der Waals surface area contributed by atoms with Crippen LogP contribution in [0.4, 0.5) is 5.82 Å². The van der Waals surface area contributed by atoms with Crippen LogP contribution in [0, 0.1) is 6.92 Å². The first-order valence-electron chi connectivity index (χ1n) is 10.3. The number of carbonyl (C=O) groups excluding carboxylic acids is 1. The van der Waals surface area contributed by atoms with Crippen molar-refractivity contribution in [3.05, 3.63) is 47.4 Å². The van der Waals surface area contributed by atoms with Gasteiger partial charge in [-0.2, -0.15) is 0 Å². The number of aryl methyl sites for hydroxylation is 1. The van der Waals surface area contributed by atoms with Crippen LogP contribution >= 0.6 is 0 Å². The second kappa shape index (κ2) is 8.17. The van der Waals surface area contributed by atoms with E-state index in [0.29, 0.717) is 12.1 Å². The number of rotatable bonds is 4. The fourth-order valence-corrected chi connectivity index (χ4v) is 4.27. The molecule has 1 aromatic heterocycles. The normalized spacial score (nSPS) is 19.8. The van der Waals surface area contributed by atoms with Gasteiger partial charge in [0.2, 0.25) is 5.91 Å². The minimum atomic E-state index is 0.0664. The van der Waals surface area contributed by atoms with E-state index in [1.54, 1.807) is 12.1 Å². The third-order valence-electron chi connectivity index (χ3n) is 5.80. The van der Waals surface area contributed by atoms with E-state index in [-0.39, 0.29) is 24.0 Å². The summed E-state index contributed by atoms with van der Waals surface area (Å²) in [5.41, 5.74) is 1.73. The highest BCUT2D eigenvalue weighted by Crippen LogP contribution is 2.29. The molecule has 2 aromatic rings. The van der Waals surface area contributed by atoms with Crippen LogP contribution < -0.4 is 4.90 Å². The Hall–Kier alpha value is -2.63. The van der Waals surface area contributed by atoms with Crippen LogP contribution in [0.3, 0.4) is 0 Å². The van der Waals surface area contributed by atoms with Gasteiger partial charge in [-0.05, 0) is 38.7 Å². The zero-order valence-corrected chi connectivity index (χ0v) is 16.5. The number of nitrogens with zero attached hydrogens (tertiary/aromatic N) is 4. The van der Waals surface area contributed by atoms with Gasteiger partial charge in [0.05, 0.1) is 12.1 Å². The van der Waals surface area contributed by atoms with Crippen LogP contribution in [0.15, 0.2) is 30.3 Å². The molecular formula is C22H28N4O2. The molecule has 0 radical (unpaired) electrons. The van der Waals surface area contributed by atoms with Gasteiger partial charge in [0.1, 0.15) is 17.4 Å². The third kappa shape index (κ3) is 4.11. The number of benzene rings is 1. The molecule has 6 nitrogen and oxygen atoms in total. The third-order valence-corrected chi connectivity index (χ3v) is 5.80. The van der Waals surface area contributed by atoms with Gasteiger partial charge < -0.3 is 14.9 Å². The number of carbonyl (C=O) groups is 1. The summed E-state index contributed by atoms with van der Waals surface area (Å²) >= 11 is 0. The summed E-state index contributed by atoms with van der Waals surface area (Å²) < 4.78 is 0. The number of para-hydroxylation sites is 1. The smallest absolute Gasteiger partial charge is 0.227 e. The SMILES string of the molecule is Cc1nc(C2CCCN(C(=O)Cc3ccccc3O)C2)cc(N2CCCC2)n1. The van der Waals surface area contributed by atoms with Gasteiger partial charge >= 0.3 is 0 Å². The van der Waals surface area contributed by atoms with E-state index in [2.05, 4.69) is 16.0 Å². The monoisotopic (exact) mass is 380 g/mol. The topological polar surface area (TPSA) is 69.6 Å². The van der Waals surface area contributed by atoms with Crippen molar-refractivity contribution in [3.8, 4) is 5.75 Å². The van der Waals surface area contributed by atoms with Crippen molar-refractivity contribution in [1.29, 1.82) is 0 Å². The number of aromatic hydroxyl groups is 1. The largest absolute Gasteiger partial charge is 0.508 e. The van der Waals surface area contributed by atoms with Crippen molar-refractivity contribution in [1.82, 2.24) is 14.9 Å². The van der Waals surface area contributed by atoms with Crippen molar-refractivity contribution >= 4 is 11.7 Å². The minimum Gasteiger partial charge on any atom is -0.508 e. The Balaban J connectivity index is 1.47. The zero-order chi connectivity index (χ0) is 19.5. The molecule has 1 atom stereocenters. The molecule has 3 heterocycles. The lowest BCUT2D eigenvalue weighted by molar-refractivity contribution is -0.131. The highest BCUT2D eigenvalue weighted by molar-refractivity contribution is 5.79. The second-order valence-corrected chi connectivity index (χ2v) is 7.88. The molecule has 148 valence electrons. The highest BCUT2D eigenvalue weighted by Gasteiger charge is 2.27. The van der Waals surface area contributed by atoms with Crippen LogP contribution in [-0.4, -0.2) is 52.1 Å². The van der Waals surface area contributed by atoms with Crippen LogP contribution in [0.1, 0.15) is 48.7 Å². The van der Waals surface area contributed by atoms with Crippen molar-refractivity contribution in [3.63, 3.8) is 0 Å². The number of aromatic nitrogens is 2. The quantitative estimate of drug-likeness (QED) is 0.883. The number of hydrogen-bond donors (Lipinski definition) is 1. The van der Waals surface area contributed by atoms with E-state index in [1.165, 1.54) is 12.8 Å². The van der Waals surface area contributed by atoms with E-state index in [9.17, 15) is 9.90 Å². The Morgan fingerprint density at radius 3 is 2.71 bits per heavy atom. The lowest BCUT2D eigenvalue weighted by atomic mass is 9.93. The van der Waals surface area contributed by atoms with E-state index >= 15 is 0 Å². The number of likely N-dealkylation sites (tertiary alicyclic amines) is 1. The molecule has 1 N–H and O–H groups in total. The van der Waals surface area contributed by atoms with Crippen LogP contribution in [0.5, 0.6) is 5.75 Å². The molecule has 28 heavy (non-hydrogen) atoms. The fraction of sp³-hybridized carbons (Fsp3) is 0.500. The Labute approximate surface area is 166 Å². The number of phenols is 1. The van der Waals surface area contributed by atoms with Gasteiger partial charge in [0.25, 0.3) is 0 Å². The van der Waals surface area contributed by atoms with E-state index < -0.39 is 0 Å². The van der Waals surface area contributed by atoms with Gasteiger partial charge in [0, 0.05) is 43.7 Å². The standard InChI is InChI=1S/C22H28N4O2/c1-16-23-19(14-21(24-16)25-10-4-5-11-25)18-8-6-12-26(15-18)22(28)13-17-7-2-3-9-20(17)27/h2-3,7,9,14,18,27H,4-6,8,10-13,15H2,1H3. The molecular weight excluding hydrogens is 352 g/mol. The summed E-state index contributed by atoms with van der Waals surface area (Å²) in [5.74, 6) is 2.32. The maximum atomic E-state index is 12.8. The molecule has 0 aliphatic carbocycles. The van der Waals surface area contributed by atoms with Crippen molar-refractivity contribution in [2.24, 2.45) is 0 Å². The van der Waals surface area contributed by atoms with Crippen LogP contribution in [0.25, 0.3) is 0 Å². The lowest BCUT2D eigenvalue weighted by Gasteiger charge is -2.33. The van der Waals surface area contributed by atoms with E-state index in [0.717, 1.165) is 49.8 Å². The molecule has 1 amide bonds. The second-order valence-electron chi connectivity index (χ2n) is 7.88. The van der Waals surface area contributed by atoms with Crippen molar-refractivity contribution in [2.45, 2.75) is 44.9 Å². The molecule has 2 aliphatic heterocycles. The molecule has 1 aromatic carbocycles. The summed E-state index contributed by atoms with van der Waals surface area (Å²) in [4.78, 5) is 26.4. The van der Waals surface area contributed by atoms with Crippen LogP contribution in [0.2, 0.25) is 0 Å². The molecule has 1 unspecified atom stereocenters. The van der Waals surface area contributed by atoms with Gasteiger partial charge in [-0.1, -0.05) is 18.2 Å². The summed E-state index contributed by atoms with van der Waals surface area (Å²) in [6.07, 6.45) is 4.68. The lowest BCUT2D eigenvalue weighted by Crippen LogP contribution is -2.40. The number of phenolic OH excluding ortho intramolecular Hbond substituents is 1. The molecule has 6 heteroatoms. The maximum absolute atomic E-state index is 12.8. The predicted octanol–water partition coefficient (Wildman–Crippen LogP) is 3.04. The average molecular weight is 380 g/mol. The number of piperidine rings is 1. The molecule has 2 aliphatic rings. The first-order chi connectivity index (χ1) is 13.6. The Morgan fingerprint density at radius 2 is 1.93 bits per heavy atom. The summed E-state index contributed by atoms with van der Waals surface area (Å²) in [6, 6.07) is 9.19. The van der Waals surface area contributed by atoms with Gasteiger partial charge in [-0.15, -0.1) is 0 Å². The predicted molar refractivity (Wildman–Crippen MR) is 109 cm³/mol. The number of anilines is 1. The average Bonchev–Trinajstić information content (AvgIpc) is 3.24. The Morgan fingerprint density at radius 1 is 1.14 bits per heavy atom. The summed E-state index contributed by atoms with van der Waals surface area (Å²) in [7, 11) is 0. The minimum absolute atomic E-state index is 0.0664. The Kier molecular flexibility index (Phi) is 5.46. The number of amides is 1. The molecule has 2 saturated heterocycles. The molecule has 0 bridgehead atoms. The van der Waals surface area contributed by atoms with Gasteiger partial charge in [-0.25, -0.2) is 9.97 Å². The van der Waals surface area contributed by atoms with Crippen molar-refractivity contribution in [2.75, 3.05) is 31.1 Å². The first-order valence-corrected chi connectivity index (χ1v) is 10.3.